The second kappa shape index (κ2) is 10.2. The molecule has 0 atom stereocenters. The van der Waals surface area contributed by atoms with Gasteiger partial charge in [0, 0.05) is 25.9 Å². The Morgan fingerprint density at radius 3 is 2.78 bits per heavy atom. The molecule has 2 heterocycles. The van der Waals surface area contributed by atoms with Crippen LogP contribution in [0.2, 0.25) is 0 Å². The van der Waals surface area contributed by atoms with Gasteiger partial charge < -0.3 is 19.8 Å². The zero-order valence-corrected chi connectivity index (χ0v) is 15.1. The van der Waals surface area contributed by atoms with Crippen LogP contribution in [-0.4, -0.2) is 35.5 Å². The van der Waals surface area contributed by atoms with Crippen molar-refractivity contribution < 1.29 is 13.9 Å². The highest BCUT2D eigenvalue weighted by Crippen LogP contribution is 2.07. The Morgan fingerprint density at radius 2 is 1.96 bits per heavy atom. The molecule has 0 saturated heterocycles. The van der Waals surface area contributed by atoms with Gasteiger partial charge in [0.05, 0.1) is 18.1 Å². The highest BCUT2D eigenvalue weighted by Gasteiger charge is 2.03. The SMILES string of the molecule is O=C(NCCCOCc1ccco1)NCCc1cnn(-c2ccccc2)c1. The lowest BCUT2D eigenvalue weighted by Crippen LogP contribution is -2.37. The highest BCUT2D eigenvalue weighted by molar-refractivity contribution is 5.73. The fraction of sp³-hybridized carbons (Fsp3) is 0.300. The van der Waals surface area contributed by atoms with E-state index < -0.39 is 0 Å². The number of carbonyl (C=O) groups excluding carboxylic acids is 1. The molecule has 2 amide bonds. The Bertz CT molecular complexity index is 800. The molecule has 2 aromatic heterocycles. The van der Waals surface area contributed by atoms with E-state index >= 15 is 0 Å². The van der Waals surface area contributed by atoms with E-state index in [0.29, 0.717) is 26.3 Å². The molecule has 3 rings (SSSR count). The first-order chi connectivity index (χ1) is 13.3. The van der Waals surface area contributed by atoms with E-state index in [1.807, 2.05) is 59.5 Å². The predicted molar refractivity (Wildman–Crippen MR) is 102 cm³/mol. The lowest BCUT2D eigenvalue weighted by Gasteiger charge is -2.07. The first-order valence-electron chi connectivity index (χ1n) is 9.02. The maximum absolute atomic E-state index is 11.8. The van der Waals surface area contributed by atoms with Crippen molar-refractivity contribution >= 4 is 6.03 Å². The highest BCUT2D eigenvalue weighted by atomic mass is 16.5. The van der Waals surface area contributed by atoms with E-state index in [-0.39, 0.29) is 6.03 Å². The lowest BCUT2D eigenvalue weighted by atomic mass is 10.2. The third-order valence-corrected chi connectivity index (χ3v) is 3.93. The van der Waals surface area contributed by atoms with Gasteiger partial charge in [-0.25, -0.2) is 9.48 Å². The van der Waals surface area contributed by atoms with Gasteiger partial charge in [-0.1, -0.05) is 18.2 Å². The maximum Gasteiger partial charge on any atom is 0.314 e. The quantitative estimate of drug-likeness (QED) is 0.539. The number of hydrogen-bond donors (Lipinski definition) is 2. The third-order valence-electron chi connectivity index (χ3n) is 3.93. The number of benzene rings is 1. The fourth-order valence-electron chi connectivity index (χ4n) is 2.54. The Hall–Kier alpha value is -3.06. The maximum atomic E-state index is 11.8. The zero-order chi connectivity index (χ0) is 18.7. The van der Waals surface area contributed by atoms with Gasteiger partial charge in [0.1, 0.15) is 12.4 Å². The molecule has 27 heavy (non-hydrogen) atoms. The van der Waals surface area contributed by atoms with Crippen LogP contribution in [0, 0.1) is 0 Å². The van der Waals surface area contributed by atoms with Crippen LogP contribution in [0.1, 0.15) is 17.7 Å². The summed E-state index contributed by atoms with van der Waals surface area (Å²) in [5.74, 6) is 0.802. The Morgan fingerprint density at radius 1 is 1.11 bits per heavy atom. The van der Waals surface area contributed by atoms with Gasteiger partial charge in [0.25, 0.3) is 0 Å². The topological polar surface area (TPSA) is 81.3 Å². The molecule has 7 heteroatoms. The number of nitrogens with zero attached hydrogens (tertiary/aromatic N) is 2. The average molecular weight is 368 g/mol. The molecule has 0 aliphatic heterocycles. The molecule has 0 aliphatic rings. The van der Waals surface area contributed by atoms with Crippen LogP contribution in [0.3, 0.4) is 0 Å². The molecule has 0 radical (unpaired) electrons. The minimum absolute atomic E-state index is 0.170. The van der Waals surface area contributed by atoms with E-state index in [4.69, 9.17) is 9.15 Å². The average Bonchev–Trinajstić information content (AvgIpc) is 3.37. The smallest absolute Gasteiger partial charge is 0.314 e. The number of hydrogen-bond acceptors (Lipinski definition) is 4. The molecule has 0 unspecified atom stereocenters. The number of furan rings is 1. The molecule has 3 aromatic rings. The number of rotatable bonds is 10. The van der Waals surface area contributed by atoms with Crippen molar-refractivity contribution in [1.82, 2.24) is 20.4 Å². The minimum atomic E-state index is -0.170. The summed E-state index contributed by atoms with van der Waals surface area (Å²) in [6, 6.07) is 13.5. The summed E-state index contributed by atoms with van der Waals surface area (Å²) in [6.45, 7) is 2.15. The molecule has 2 N–H and O–H groups in total. The van der Waals surface area contributed by atoms with Crippen molar-refractivity contribution in [1.29, 1.82) is 0 Å². The molecule has 0 bridgehead atoms. The minimum Gasteiger partial charge on any atom is -0.467 e. The lowest BCUT2D eigenvalue weighted by molar-refractivity contribution is 0.104. The first kappa shape index (κ1) is 18.7. The van der Waals surface area contributed by atoms with Crippen LogP contribution in [0.5, 0.6) is 0 Å². The first-order valence-corrected chi connectivity index (χ1v) is 9.02. The summed E-state index contributed by atoms with van der Waals surface area (Å²) in [5.41, 5.74) is 2.09. The van der Waals surface area contributed by atoms with E-state index in [9.17, 15) is 4.79 Å². The summed E-state index contributed by atoms with van der Waals surface area (Å²) in [6.07, 6.45) is 6.90. The zero-order valence-electron chi connectivity index (χ0n) is 15.1. The van der Waals surface area contributed by atoms with Gasteiger partial charge in [-0.05, 0) is 42.7 Å². The normalized spacial score (nSPS) is 10.7. The summed E-state index contributed by atoms with van der Waals surface area (Å²) < 4.78 is 12.5. The summed E-state index contributed by atoms with van der Waals surface area (Å²) in [4.78, 5) is 11.8. The number of carbonyl (C=O) groups is 1. The Balaban J connectivity index is 1.25. The molecule has 7 nitrogen and oxygen atoms in total. The van der Waals surface area contributed by atoms with Gasteiger partial charge >= 0.3 is 6.03 Å². The second-order valence-electron chi connectivity index (χ2n) is 6.05. The molecule has 142 valence electrons. The monoisotopic (exact) mass is 368 g/mol. The van der Waals surface area contributed by atoms with Gasteiger partial charge in [0.15, 0.2) is 0 Å². The van der Waals surface area contributed by atoms with Gasteiger partial charge in [-0.15, -0.1) is 0 Å². The Kier molecular flexibility index (Phi) is 7.06. The molecule has 1 aromatic carbocycles. The molecule has 0 saturated carbocycles. The van der Waals surface area contributed by atoms with E-state index in [2.05, 4.69) is 15.7 Å². The Labute approximate surface area is 158 Å². The van der Waals surface area contributed by atoms with Crippen LogP contribution in [0.15, 0.2) is 65.5 Å². The van der Waals surface area contributed by atoms with Gasteiger partial charge in [-0.2, -0.15) is 5.10 Å². The second-order valence-corrected chi connectivity index (χ2v) is 6.05. The fourth-order valence-corrected chi connectivity index (χ4v) is 2.54. The number of urea groups is 1. The molecule has 0 fully saturated rings. The van der Waals surface area contributed by atoms with Crippen molar-refractivity contribution in [2.45, 2.75) is 19.4 Å². The van der Waals surface area contributed by atoms with Crippen LogP contribution < -0.4 is 10.6 Å². The van der Waals surface area contributed by atoms with E-state index in [1.54, 1.807) is 6.26 Å². The number of amides is 2. The number of ether oxygens (including phenoxy) is 1. The summed E-state index contributed by atoms with van der Waals surface area (Å²) in [7, 11) is 0. The standard InChI is InChI=1S/C20H24N4O3/c25-20(21-10-5-12-26-16-19-8-4-13-27-19)22-11-9-17-14-23-24(15-17)18-6-2-1-3-7-18/h1-4,6-8,13-15H,5,9-12,16H2,(H2,21,22,25). The van der Waals surface area contributed by atoms with Gasteiger partial charge in [-0.3, -0.25) is 0 Å². The van der Waals surface area contributed by atoms with E-state index in [0.717, 1.165) is 29.9 Å². The summed E-state index contributed by atoms with van der Waals surface area (Å²) >= 11 is 0. The predicted octanol–water partition coefficient (Wildman–Crippen LogP) is 2.91. The molecule has 0 aliphatic carbocycles. The molecular weight excluding hydrogens is 344 g/mol. The molecule has 0 spiro atoms. The number of nitrogens with one attached hydrogen (secondary N) is 2. The molecular formula is C20H24N4O3. The van der Waals surface area contributed by atoms with Crippen LogP contribution in [0.4, 0.5) is 4.79 Å². The number of aromatic nitrogens is 2. The number of para-hydroxylation sites is 1. The van der Waals surface area contributed by atoms with Crippen molar-refractivity contribution in [3.05, 3.63) is 72.4 Å². The largest absolute Gasteiger partial charge is 0.467 e. The van der Waals surface area contributed by atoms with Gasteiger partial charge in [0.2, 0.25) is 0 Å². The van der Waals surface area contributed by atoms with Crippen LogP contribution in [-0.2, 0) is 17.8 Å². The van der Waals surface area contributed by atoms with Crippen LogP contribution in [0.25, 0.3) is 5.69 Å². The summed E-state index contributed by atoms with van der Waals surface area (Å²) in [5, 5.41) is 10.0. The van der Waals surface area contributed by atoms with E-state index in [1.165, 1.54) is 0 Å². The van der Waals surface area contributed by atoms with Crippen molar-refractivity contribution in [2.75, 3.05) is 19.7 Å². The van der Waals surface area contributed by atoms with Crippen molar-refractivity contribution in [3.63, 3.8) is 0 Å². The van der Waals surface area contributed by atoms with Crippen molar-refractivity contribution in [2.24, 2.45) is 0 Å². The van der Waals surface area contributed by atoms with Crippen LogP contribution >= 0.6 is 0 Å². The third kappa shape index (κ3) is 6.31. The van der Waals surface area contributed by atoms with Crippen molar-refractivity contribution in [3.8, 4) is 5.69 Å².